The standard InChI is InChI=1S/C12H19N5O2/c1-3-5-15-11(18)8(2)16-12(19)10-7-9(17-13)4-6-14-10/h4,6-8H,3,5,13H2,1-2H3,(H,14,17)(H,15,18)(H,16,19). The van der Waals surface area contributed by atoms with Crippen molar-refractivity contribution < 1.29 is 9.59 Å². The van der Waals surface area contributed by atoms with Crippen LogP contribution in [-0.4, -0.2) is 29.4 Å². The second kappa shape index (κ2) is 7.32. The van der Waals surface area contributed by atoms with E-state index in [1.807, 2.05) is 6.92 Å². The normalized spacial score (nSPS) is 11.5. The zero-order valence-electron chi connectivity index (χ0n) is 11.1. The molecule has 0 aliphatic heterocycles. The molecule has 1 aromatic heterocycles. The van der Waals surface area contributed by atoms with Gasteiger partial charge < -0.3 is 16.1 Å². The lowest BCUT2D eigenvalue weighted by molar-refractivity contribution is -0.122. The Labute approximate surface area is 111 Å². The van der Waals surface area contributed by atoms with Crippen molar-refractivity contribution in [2.75, 3.05) is 12.0 Å². The molecule has 5 N–H and O–H groups in total. The van der Waals surface area contributed by atoms with Crippen LogP contribution in [0.4, 0.5) is 5.69 Å². The van der Waals surface area contributed by atoms with E-state index in [1.165, 1.54) is 12.3 Å². The number of nitrogens with zero attached hydrogens (tertiary/aromatic N) is 1. The summed E-state index contributed by atoms with van der Waals surface area (Å²) in [4.78, 5) is 27.4. The SMILES string of the molecule is CCCNC(=O)C(C)NC(=O)c1cc(NN)ccn1. The van der Waals surface area contributed by atoms with Gasteiger partial charge in [-0.15, -0.1) is 0 Å². The van der Waals surface area contributed by atoms with Crippen molar-refractivity contribution in [1.82, 2.24) is 15.6 Å². The molecule has 19 heavy (non-hydrogen) atoms. The van der Waals surface area contributed by atoms with E-state index in [-0.39, 0.29) is 11.6 Å². The average molecular weight is 265 g/mol. The van der Waals surface area contributed by atoms with Crippen molar-refractivity contribution in [3.05, 3.63) is 24.0 Å². The van der Waals surface area contributed by atoms with E-state index < -0.39 is 11.9 Å². The van der Waals surface area contributed by atoms with Gasteiger partial charge in [-0.3, -0.25) is 20.4 Å². The van der Waals surface area contributed by atoms with Crippen LogP contribution < -0.4 is 21.9 Å². The number of carbonyl (C=O) groups is 2. The van der Waals surface area contributed by atoms with Gasteiger partial charge in [0.25, 0.3) is 5.91 Å². The van der Waals surface area contributed by atoms with Crippen LogP contribution in [0.25, 0.3) is 0 Å². The minimum Gasteiger partial charge on any atom is -0.354 e. The number of nitrogens with two attached hydrogens (primary N) is 1. The molecule has 0 radical (unpaired) electrons. The first-order chi connectivity index (χ1) is 9.08. The number of hydrogen-bond acceptors (Lipinski definition) is 5. The second-order valence-electron chi connectivity index (χ2n) is 4.06. The van der Waals surface area contributed by atoms with E-state index in [2.05, 4.69) is 21.0 Å². The zero-order valence-corrected chi connectivity index (χ0v) is 11.1. The molecule has 1 aromatic rings. The molecule has 0 aliphatic rings. The van der Waals surface area contributed by atoms with Crippen LogP contribution in [0.5, 0.6) is 0 Å². The molecule has 0 spiro atoms. The Kier molecular flexibility index (Phi) is 5.74. The minimum absolute atomic E-state index is 0.200. The highest BCUT2D eigenvalue weighted by Gasteiger charge is 2.16. The Morgan fingerprint density at radius 3 is 2.84 bits per heavy atom. The smallest absolute Gasteiger partial charge is 0.270 e. The van der Waals surface area contributed by atoms with E-state index in [0.29, 0.717) is 12.2 Å². The predicted molar refractivity (Wildman–Crippen MR) is 72.3 cm³/mol. The van der Waals surface area contributed by atoms with Gasteiger partial charge in [-0.2, -0.15) is 0 Å². The van der Waals surface area contributed by atoms with Crippen molar-refractivity contribution in [3.63, 3.8) is 0 Å². The monoisotopic (exact) mass is 265 g/mol. The lowest BCUT2D eigenvalue weighted by Gasteiger charge is -2.13. The minimum atomic E-state index is -0.615. The highest BCUT2D eigenvalue weighted by Crippen LogP contribution is 2.06. The van der Waals surface area contributed by atoms with Crippen molar-refractivity contribution in [1.29, 1.82) is 0 Å². The molecule has 7 nitrogen and oxygen atoms in total. The number of amides is 2. The van der Waals surface area contributed by atoms with Crippen LogP contribution in [0.15, 0.2) is 18.3 Å². The first-order valence-corrected chi connectivity index (χ1v) is 6.09. The highest BCUT2D eigenvalue weighted by atomic mass is 16.2. The van der Waals surface area contributed by atoms with Crippen molar-refractivity contribution in [3.8, 4) is 0 Å². The van der Waals surface area contributed by atoms with Gasteiger partial charge in [-0.25, -0.2) is 0 Å². The van der Waals surface area contributed by atoms with Gasteiger partial charge in [0.2, 0.25) is 5.91 Å². The maximum absolute atomic E-state index is 11.9. The average Bonchev–Trinajstić information content (AvgIpc) is 2.44. The lowest BCUT2D eigenvalue weighted by Crippen LogP contribution is -2.45. The number of hydrazine groups is 1. The molecule has 1 rings (SSSR count). The molecule has 0 fully saturated rings. The van der Waals surface area contributed by atoms with Crippen LogP contribution in [0.3, 0.4) is 0 Å². The fourth-order valence-corrected chi connectivity index (χ4v) is 1.38. The third-order valence-corrected chi connectivity index (χ3v) is 2.45. The third-order valence-electron chi connectivity index (χ3n) is 2.45. The molecule has 2 amide bonds. The van der Waals surface area contributed by atoms with E-state index in [0.717, 1.165) is 6.42 Å². The van der Waals surface area contributed by atoms with E-state index in [4.69, 9.17) is 5.84 Å². The summed E-state index contributed by atoms with van der Waals surface area (Å²) in [5.74, 6) is 4.61. The number of nitrogens with one attached hydrogen (secondary N) is 3. The molecular formula is C12H19N5O2. The number of anilines is 1. The maximum atomic E-state index is 11.9. The summed E-state index contributed by atoms with van der Waals surface area (Å²) >= 11 is 0. The van der Waals surface area contributed by atoms with Crippen LogP contribution in [0.1, 0.15) is 30.8 Å². The van der Waals surface area contributed by atoms with E-state index in [1.54, 1.807) is 13.0 Å². The molecule has 1 atom stereocenters. The molecule has 0 saturated carbocycles. The van der Waals surface area contributed by atoms with Crippen LogP contribution in [-0.2, 0) is 4.79 Å². The third kappa shape index (κ3) is 4.55. The Hall–Kier alpha value is -2.15. The number of aromatic nitrogens is 1. The van der Waals surface area contributed by atoms with Gasteiger partial charge in [-0.05, 0) is 25.5 Å². The number of hydrogen-bond donors (Lipinski definition) is 4. The number of nitrogen functional groups attached to an aromatic ring is 1. The van der Waals surface area contributed by atoms with E-state index in [9.17, 15) is 9.59 Å². The summed E-state index contributed by atoms with van der Waals surface area (Å²) in [7, 11) is 0. The van der Waals surface area contributed by atoms with Crippen LogP contribution >= 0.6 is 0 Å². The number of rotatable bonds is 6. The summed E-state index contributed by atoms with van der Waals surface area (Å²) in [6.45, 7) is 4.16. The molecule has 0 aromatic carbocycles. The molecule has 0 bridgehead atoms. The second-order valence-corrected chi connectivity index (χ2v) is 4.06. The molecule has 0 aliphatic carbocycles. The zero-order chi connectivity index (χ0) is 14.3. The summed E-state index contributed by atoms with van der Waals surface area (Å²) in [5, 5.41) is 5.28. The number of pyridine rings is 1. The Morgan fingerprint density at radius 1 is 1.47 bits per heavy atom. The predicted octanol–water partition coefficient (Wildman–Crippen LogP) is 0.0117. The number of carbonyl (C=O) groups excluding carboxylic acids is 2. The van der Waals surface area contributed by atoms with Gasteiger partial charge in [0.15, 0.2) is 0 Å². The van der Waals surface area contributed by atoms with Crippen LogP contribution in [0.2, 0.25) is 0 Å². The molecule has 7 heteroatoms. The topological polar surface area (TPSA) is 109 Å². The Balaban J connectivity index is 2.60. The summed E-state index contributed by atoms with van der Waals surface area (Å²) in [6, 6.07) is 2.52. The summed E-state index contributed by atoms with van der Waals surface area (Å²) in [5.41, 5.74) is 3.20. The van der Waals surface area contributed by atoms with Crippen LogP contribution in [0, 0.1) is 0 Å². The molecule has 1 heterocycles. The highest BCUT2D eigenvalue weighted by molar-refractivity contribution is 5.96. The maximum Gasteiger partial charge on any atom is 0.270 e. The molecule has 1 unspecified atom stereocenters. The van der Waals surface area contributed by atoms with Crippen molar-refractivity contribution in [2.45, 2.75) is 26.3 Å². The van der Waals surface area contributed by atoms with Crippen molar-refractivity contribution in [2.24, 2.45) is 5.84 Å². The molecule has 0 saturated heterocycles. The van der Waals surface area contributed by atoms with E-state index >= 15 is 0 Å². The first kappa shape index (κ1) is 14.9. The van der Waals surface area contributed by atoms with Gasteiger partial charge >= 0.3 is 0 Å². The van der Waals surface area contributed by atoms with Gasteiger partial charge in [-0.1, -0.05) is 6.92 Å². The Morgan fingerprint density at radius 2 is 2.21 bits per heavy atom. The fraction of sp³-hybridized carbons (Fsp3) is 0.417. The largest absolute Gasteiger partial charge is 0.354 e. The van der Waals surface area contributed by atoms with Crippen molar-refractivity contribution >= 4 is 17.5 Å². The molecule has 104 valence electrons. The lowest BCUT2D eigenvalue weighted by atomic mass is 10.2. The van der Waals surface area contributed by atoms with Gasteiger partial charge in [0.05, 0.1) is 5.69 Å². The quantitative estimate of drug-likeness (QED) is 0.428. The van der Waals surface area contributed by atoms with Gasteiger partial charge in [0, 0.05) is 12.7 Å². The first-order valence-electron chi connectivity index (χ1n) is 6.09. The summed E-state index contributed by atoms with van der Waals surface area (Å²) in [6.07, 6.45) is 2.31. The molecular weight excluding hydrogens is 246 g/mol. The fourth-order valence-electron chi connectivity index (χ4n) is 1.38. The Bertz CT molecular complexity index is 450. The summed E-state index contributed by atoms with van der Waals surface area (Å²) < 4.78 is 0. The van der Waals surface area contributed by atoms with Gasteiger partial charge in [0.1, 0.15) is 11.7 Å².